The van der Waals surface area contributed by atoms with Crippen LogP contribution < -0.4 is 0 Å². The second kappa shape index (κ2) is 3.67. The maximum atomic E-state index is 5.22. The Bertz CT molecular complexity index is 518. The van der Waals surface area contributed by atoms with Gasteiger partial charge in [0.25, 0.3) is 4.84 Å². The van der Waals surface area contributed by atoms with E-state index in [1.165, 1.54) is 0 Å². The highest BCUT2D eigenvalue weighted by atomic mass is 79.9. The molecular weight excluding hydrogens is 264 g/mol. The Labute approximate surface area is 94.3 Å². The Morgan fingerprint density at radius 2 is 2.29 bits per heavy atom. The molecule has 3 nitrogen and oxygen atoms in total. The van der Waals surface area contributed by atoms with Crippen LogP contribution in [0.5, 0.6) is 0 Å². The first-order valence-corrected chi connectivity index (χ1v) is 5.19. The molecule has 2 rings (SSSR count). The maximum absolute atomic E-state index is 5.22. The van der Waals surface area contributed by atoms with Crippen LogP contribution in [0.4, 0.5) is 0 Å². The Hall–Kier alpha value is -0.940. The van der Waals surface area contributed by atoms with Crippen molar-refractivity contribution in [2.24, 2.45) is 0 Å². The van der Waals surface area contributed by atoms with Crippen LogP contribution in [0.2, 0.25) is 0 Å². The normalized spacial score (nSPS) is 10.4. The first-order valence-electron chi connectivity index (χ1n) is 3.99. The van der Waals surface area contributed by atoms with Crippen LogP contribution in [0.25, 0.3) is 11.5 Å². The van der Waals surface area contributed by atoms with Gasteiger partial charge in [-0.2, -0.15) is 0 Å². The third kappa shape index (κ3) is 1.78. The van der Waals surface area contributed by atoms with Crippen molar-refractivity contribution in [1.29, 1.82) is 0 Å². The van der Waals surface area contributed by atoms with E-state index in [0.29, 0.717) is 5.89 Å². The molecular formula is C9H7BrN2OS. The van der Waals surface area contributed by atoms with Crippen LogP contribution in [0.1, 0.15) is 5.56 Å². The third-order valence-corrected chi connectivity index (χ3v) is 2.66. The Morgan fingerprint density at radius 3 is 2.93 bits per heavy atom. The van der Waals surface area contributed by atoms with Gasteiger partial charge in [0.2, 0.25) is 5.89 Å². The molecule has 1 aromatic heterocycles. The van der Waals surface area contributed by atoms with E-state index in [-0.39, 0.29) is 4.84 Å². The predicted molar refractivity (Wildman–Crippen MR) is 59.6 cm³/mol. The van der Waals surface area contributed by atoms with Crippen molar-refractivity contribution in [3.05, 3.63) is 33.1 Å². The van der Waals surface area contributed by atoms with Crippen LogP contribution in [0.15, 0.2) is 27.1 Å². The van der Waals surface area contributed by atoms with Crippen molar-refractivity contribution in [2.75, 3.05) is 0 Å². The summed E-state index contributed by atoms with van der Waals surface area (Å²) in [5.74, 6) is 0.505. The zero-order valence-corrected chi connectivity index (χ0v) is 9.78. The molecule has 0 saturated heterocycles. The van der Waals surface area contributed by atoms with Crippen molar-refractivity contribution in [2.45, 2.75) is 6.92 Å². The van der Waals surface area contributed by atoms with Gasteiger partial charge in [-0.15, -0.1) is 5.10 Å². The Morgan fingerprint density at radius 1 is 1.50 bits per heavy atom. The van der Waals surface area contributed by atoms with E-state index >= 15 is 0 Å². The van der Waals surface area contributed by atoms with Gasteiger partial charge in [-0.1, -0.05) is 11.6 Å². The zero-order valence-electron chi connectivity index (χ0n) is 7.37. The number of hydrogen-bond donors (Lipinski definition) is 1. The summed E-state index contributed by atoms with van der Waals surface area (Å²) in [5.41, 5.74) is 2.05. The molecule has 0 bridgehead atoms. The van der Waals surface area contributed by atoms with Crippen LogP contribution in [0, 0.1) is 11.8 Å². The molecule has 1 heterocycles. The number of hydrogen-bond acceptors (Lipinski definition) is 3. The second-order valence-electron chi connectivity index (χ2n) is 2.90. The zero-order chi connectivity index (χ0) is 10.1. The van der Waals surface area contributed by atoms with Crippen molar-refractivity contribution >= 4 is 28.1 Å². The highest BCUT2D eigenvalue weighted by molar-refractivity contribution is 9.10. The van der Waals surface area contributed by atoms with Crippen molar-refractivity contribution < 1.29 is 4.42 Å². The molecule has 0 unspecified atom stereocenters. The van der Waals surface area contributed by atoms with Gasteiger partial charge in [-0.05, 0) is 47.2 Å². The molecule has 0 aliphatic rings. The lowest BCUT2D eigenvalue weighted by Gasteiger charge is -1.99. The number of halogens is 1. The summed E-state index contributed by atoms with van der Waals surface area (Å²) in [7, 11) is 0. The molecule has 2 aromatic rings. The molecule has 5 heteroatoms. The second-order valence-corrected chi connectivity index (χ2v) is 4.13. The summed E-state index contributed by atoms with van der Waals surface area (Å²) >= 11 is 8.24. The summed E-state index contributed by atoms with van der Waals surface area (Å²) < 4.78 is 6.16. The average Bonchev–Trinajstić information content (AvgIpc) is 2.56. The van der Waals surface area contributed by atoms with E-state index in [0.717, 1.165) is 15.6 Å². The number of aromatic amines is 1. The fourth-order valence-corrected chi connectivity index (χ4v) is 1.69. The molecule has 0 spiro atoms. The minimum Gasteiger partial charge on any atom is -0.409 e. The van der Waals surface area contributed by atoms with Gasteiger partial charge in [-0.25, -0.2) is 5.10 Å². The van der Waals surface area contributed by atoms with E-state index in [1.807, 2.05) is 25.1 Å². The highest BCUT2D eigenvalue weighted by Crippen LogP contribution is 2.27. The van der Waals surface area contributed by atoms with Gasteiger partial charge in [0, 0.05) is 4.47 Å². The van der Waals surface area contributed by atoms with Crippen molar-refractivity contribution in [1.82, 2.24) is 10.2 Å². The SMILES string of the molecule is Cc1ccc(Br)c(-c2n[nH]c(=S)o2)c1. The monoisotopic (exact) mass is 270 g/mol. The fourth-order valence-electron chi connectivity index (χ4n) is 1.15. The maximum Gasteiger partial charge on any atom is 0.284 e. The van der Waals surface area contributed by atoms with E-state index < -0.39 is 0 Å². The molecule has 0 fully saturated rings. The lowest BCUT2D eigenvalue weighted by Crippen LogP contribution is -1.81. The van der Waals surface area contributed by atoms with E-state index in [2.05, 4.69) is 26.1 Å². The smallest absolute Gasteiger partial charge is 0.284 e. The molecule has 72 valence electrons. The van der Waals surface area contributed by atoms with Gasteiger partial charge < -0.3 is 4.42 Å². The molecule has 0 saturated carbocycles. The quantitative estimate of drug-likeness (QED) is 0.807. The van der Waals surface area contributed by atoms with E-state index in [4.69, 9.17) is 16.6 Å². The average molecular weight is 271 g/mol. The molecule has 1 N–H and O–H groups in total. The number of H-pyrrole nitrogens is 1. The highest BCUT2D eigenvalue weighted by Gasteiger charge is 2.08. The van der Waals surface area contributed by atoms with Crippen LogP contribution in [0.3, 0.4) is 0 Å². The Balaban J connectivity index is 2.61. The number of benzene rings is 1. The molecule has 0 amide bonds. The standard InChI is InChI=1S/C9H7BrN2OS/c1-5-2-3-7(10)6(4-5)8-11-12-9(14)13-8/h2-4H,1H3,(H,12,14). The molecule has 1 aromatic carbocycles. The summed E-state index contributed by atoms with van der Waals surface area (Å²) in [6.45, 7) is 2.01. The number of nitrogens with one attached hydrogen (secondary N) is 1. The van der Waals surface area contributed by atoms with Crippen LogP contribution in [-0.4, -0.2) is 10.2 Å². The molecule has 0 aliphatic carbocycles. The lowest BCUT2D eigenvalue weighted by atomic mass is 10.1. The first-order chi connectivity index (χ1) is 6.66. The summed E-state index contributed by atoms with van der Waals surface area (Å²) in [4.78, 5) is 0.286. The lowest BCUT2D eigenvalue weighted by molar-refractivity contribution is 0.551. The van der Waals surface area contributed by atoms with Gasteiger partial charge in [0.15, 0.2) is 0 Å². The topological polar surface area (TPSA) is 41.8 Å². The molecule has 0 aliphatic heterocycles. The summed E-state index contributed by atoms with van der Waals surface area (Å²) in [6.07, 6.45) is 0. The number of aromatic nitrogens is 2. The minimum atomic E-state index is 0.286. The number of aryl methyl sites for hydroxylation is 1. The van der Waals surface area contributed by atoms with Gasteiger partial charge in [0.1, 0.15) is 0 Å². The van der Waals surface area contributed by atoms with Gasteiger partial charge in [-0.3, -0.25) is 0 Å². The first kappa shape index (κ1) is 9.61. The van der Waals surface area contributed by atoms with E-state index in [9.17, 15) is 0 Å². The van der Waals surface area contributed by atoms with E-state index in [1.54, 1.807) is 0 Å². The molecule has 14 heavy (non-hydrogen) atoms. The van der Waals surface area contributed by atoms with Crippen molar-refractivity contribution in [3.63, 3.8) is 0 Å². The van der Waals surface area contributed by atoms with Crippen LogP contribution >= 0.6 is 28.1 Å². The van der Waals surface area contributed by atoms with Gasteiger partial charge in [0.05, 0.1) is 5.56 Å². The van der Waals surface area contributed by atoms with Crippen molar-refractivity contribution in [3.8, 4) is 11.5 Å². The fraction of sp³-hybridized carbons (Fsp3) is 0.111. The largest absolute Gasteiger partial charge is 0.409 e. The van der Waals surface area contributed by atoms with Crippen LogP contribution in [-0.2, 0) is 0 Å². The minimum absolute atomic E-state index is 0.286. The predicted octanol–water partition coefficient (Wildman–Crippen LogP) is 3.47. The summed E-state index contributed by atoms with van der Waals surface area (Å²) in [5, 5.41) is 6.55. The molecule has 0 radical (unpaired) electrons. The number of rotatable bonds is 1. The van der Waals surface area contributed by atoms with Gasteiger partial charge >= 0.3 is 0 Å². The number of nitrogens with zero attached hydrogens (tertiary/aromatic N) is 1. The Kier molecular flexibility index (Phi) is 2.52. The molecule has 0 atom stereocenters. The summed E-state index contributed by atoms with van der Waals surface area (Å²) in [6, 6.07) is 5.95. The third-order valence-electron chi connectivity index (χ3n) is 1.79.